The Morgan fingerprint density at radius 3 is 2.37 bits per heavy atom. The smallest absolute Gasteiger partial charge is 0.125 e. The highest BCUT2D eigenvalue weighted by Gasteiger charge is 2.24. The van der Waals surface area contributed by atoms with Gasteiger partial charge < -0.3 is 5.11 Å². The van der Waals surface area contributed by atoms with Crippen molar-refractivity contribution in [3.8, 4) is 0 Å². The summed E-state index contributed by atoms with van der Waals surface area (Å²) in [5, 5.41) is 15.7. The van der Waals surface area contributed by atoms with E-state index in [1.54, 1.807) is 29.1 Å². The molecule has 19 heavy (non-hydrogen) atoms. The predicted molar refractivity (Wildman–Crippen MR) is 80.8 cm³/mol. The number of halogens is 3. The fourth-order valence-electron chi connectivity index (χ4n) is 1.93. The van der Waals surface area contributed by atoms with Crippen molar-refractivity contribution in [1.29, 1.82) is 0 Å². The molecule has 0 bridgehead atoms. The second-order valence-electron chi connectivity index (χ2n) is 4.45. The van der Waals surface area contributed by atoms with Crippen molar-refractivity contribution in [2.45, 2.75) is 26.0 Å². The SMILES string of the molecule is CC(C)n1ncc(Br)c1C(O)c1c(Cl)cccc1Cl. The molecule has 0 saturated heterocycles. The molecule has 0 amide bonds. The first-order valence-corrected chi connectivity index (χ1v) is 7.33. The van der Waals surface area contributed by atoms with Crippen molar-refractivity contribution in [1.82, 2.24) is 9.78 Å². The standard InChI is InChI=1S/C13H13BrCl2N2O/c1-7(2)18-12(8(14)6-17-18)13(19)11-9(15)4-3-5-10(11)16/h3-7,13,19H,1-2H3. The van der Waals surface area contributed by atoms with Gasteiger partial charge in [-0.15, -0.1) is 0 Å². The molecule has 6 heteroatoms. The average Bonchev–Trinajstić information content (AvgIpc) is 2.70. The minimum absolute atomic E-state index is 0.122. The zero-order valence-corrected chi connectivity index (χ0v) is 13.5. The molecule has 0 aliphatic carbocycles. The molecule has 1 aromatic carbocycles. The number of rotatable bonds is 3. The van der Waals surface area contributed by atoms with E-state index in [0.29, 0.717) is 21.3 Å². The third-order valence-corrected chi connectivity index (χ3v) is 4.08. The molecule has 0 radical (unpaired) electrons. The van der Waals surface area contributed by atoms with Crippen LogP contribution in [-0.4, -0.2) is 14.9 Å². The summed E-state index contributed by atoms with van der Waals surface area (Å²) >= 11 is 15.7. The molecule has 2 rings (SSSR count). The van der Waals surface area contributed by atoms with Gasteiger partial charge in [-0.25, -0.2) is 0 Å². The van der Waals surface area contributed by atoms with Crippen LogP contribution < -0.4 is 0 Å². The van der Waals surface area contributed by atoms with Crippen LogP contribution in [0, 0.1) is 0 Å². The summed E-state index contributed by atoms with van der Waals surface area (Å²) in [6.45, 7) is 3.98. The van der Waals surface area contributed by atoms with Crippen LogP contribution >= 0.6 is 39.1 Å². The maximum absolute atomic E-state index is 10.6. The molecule has 1 unspecified atom stereocenters. The number of hydrogen-bond acceptors (Lipinski definition) is 2. The fraction of sp³-hybridized carbons (Fsp3) is 0.308. The van der Waals surface area contributed by atoms with Crippen molar-refractivity contribution < 1.29 is 5.11 Å². The van der Waals surface area contributed by atoms with E-state index in [4.69, 9.17) is 23.2 Å². The van der Waals surface area contributed by atoms with E-state index < -0.39 is 6.10 Å². The molecule has 1 aromatic heterocycles. The van der Waals surface area contributed by atoms with Crippen LogP contribution in [0.1, 0.15) is 37.3 Å². The third kappa shape index (κ3) is 2.82. The first-order valence-electron chi connectivity index (χ1n) is 5.78. The molecule has 1 atom stereocenters. The summed E-state index contributed by atoms with van der Waals surface area (Å²) in [4.78, 5) is 0. The Morgan fingerprint density at radius 1 is 1.26 bits per heavy atom. The lowest BCUT2D eigenvalue weighted by Gasteiger charge is -2.18. The third-order valence-electron chi connectivity index (χ3n) is 2.81. The summed E-state index contributed by atoms with van der Waals surface area (Å²) in [6.07, 6.45) is 0.726. The van der Waals surface area contributed by atoms with E-state index in [1.807, 2.05) is 13.8 Å². The van der Waals surface area contributed by atoms with Crippen molar-refractivity contribution in [3.05, 3.63) is 50.2 Å². The Kier molecular flexibility index (Phi) is 4.56. The molecular formula is C13H13BrCl2N2O. The summed E-state index contributed by atoms with van der Waals surface area (Å²) in [5.41, 5.74) is 1.14. The van der Waals surface area contributed by atoms with E-state index >= 15 is 0 Å². The summed E-state index contributed by atoms with van der Waals surface area (Å²) in [5.74, 6) is 0. The molecule has 3 nitrogen and oxygen atoms in total. The van der Waals surface area contributed by atoms with Gasteiger partial charge in [0, 0.05) is 21.7 Å². The molecule has 0 saturated carbocycles. The lowest BCUT2D eigenvalue weighted by molar-refractivity contribution is 0.204. The van der Waals surface area contributed by atoms with Crippen molar-refractivity contribution >= 4 is 39.1 Å². The van der Waals surface area contributed by atoms with Crippen LogP contribution in [0.5, 0.6) is 0 Å². The molecule has 0 aliphatic rings. The second-order valence-corrected chi connectivity index (χ2v) is 6.12. The number of aliphatic hydroxyl groups excluding tert-OH is 1. The highest BCUT2D eigenvalue weighted by molar-refractivity contribution is 9.10. The van der Waals surface area contributed by atoms with Crippen LogP contribution in [-0.2, 0) is 0 Å². The van der Waals surface area contributed by atoms with Gasteiger partial charge in [0.1, 0.15) is 6.10 Å². The van der Waals surface area contributed by atoms with E-state index in [0.717, 1.165) is 4.47 Å². The van der Waals surface area contributed by atoms with Crippen molar-refractivity contribution in [2.24, 2.45) is 0 Å². The van der Waals surface area contributed by atoms with Gasteiger partial charge in [0.25, 0.3) is 0 Å². The Balaban J connectivity index is 2.56. The van der Waals surface area contributed by atoms with E-state index in [2.05, 4.69) is 21.0 Å². The monoisotopic (exact) mass is 362 g/mol. The van der Waals surface area contributed by atoms with Crippen LogP contribution in [0.15, 0.2) is 28.9 Å². The topological polar surface area (TPSA) is 38.0 Å². The quantitative estimate of drug-likeness (QED) is 0.864. The van der Waals surface area contributed by atoms with Gasteiger partial charge in [-0.3, -0.25) is 4.68 Å². The Bertz CT molecular complexity index is 578. The van der Waals surface area contributed by atoms with E-state index in [1.165, 1.54) is 0 Å². The van der Waals surface area contributed by atoms with Crippen LogP contribution in [0.3, 0.4) is 0 Å². The highest BCUT2D eigenvalue weighted by atomic mass is 79.9. The first kappa shape index (κ1) is 14.9. The lowest BCUT2D eigenvalue weighted by atomic mass is 10.1. The molecule has 0 fully saturated rings. The predicted octanol–water partition coefficient (Wildman–Crippen LogP) is 4.62. The largest absolute Gasteiger partial charge is 0.382 e. The molecule has 0 aliphatic heterocycles. The zero-order valence-electron chi connectivity index (χ0n) is 10.4. The second kappa shape index (κ2) is 5.83. The van der Waals surface area contributed by atoms with Gasteiger partial charge in [-0.05, 0) is 41.9 Å². The molecule has 1 heterocycles. The molecule has 2 aromatic rings. The minimum Gasteiger partial charge on any atom is -0.382 e. The van der Waals surface area contributed by atoms with E-state index in [9.17, 15) is 5.11 Å². The number of benzene rings is 1. The molecule has 0 spiro atoms. The van der Waals surface area contributed by atoms with E-state index in [-0.39, 0.29) is 6.04 Å². The number of aromatic nitrogens is 2. The first-order chi connectivity index (χ1) is 8.93. The highest BCUT2D eigenvalue weighted by Crippen LogP contribution is 2.37. The van der Waals surface area contributed by atoms with Gasteiger partial charge in [0.2, 0.25) is 0 Å². The molecule has 1 N–H and O–H groups in total. The fourth-order valence-corrected chi connectivity index (χ4v) is 3.02. The molecule has 102 valence electrons. The van der Waals surface area contributed by atoms with Crippen LogP contribution in [0.4, 0.5) is 0 Å². The minimum atomic E-state index is -0.930. The van der Waals surface area contributed by atoms with Gasteiger partial charge in [0.15, 0.2) is 0 Å². The summed E-state index contributed by atoms with van der Waals surface area (Å²) < 4.78 is 2.47. The zero-order chi connectivity index (χ0) is 14.2. The van der Waals surface area contributed by atoms with Gasteiger partial charge >= 0.3 is 0 Å². The lowest BCUT2D eigenvalue weighted by Crippen LogP contribution is -2.13. The Hall–Kier alpha value is -0.550. The van der Waals surface area contributed by atoms with Gasteiger partial charge in [-0.2, -0.15) is 5.10 Å². The Morgan fingerprint density at radius 2 is 1.84 bits per heavy atom. The van der Waals surface area contributed by atoms with Crippen LogP contribution in [0.25, 0.3) is 0 Å². The van der Waals surface area contributed by atoms with Crippen LogP contribution in [0.2, 0.25) is 10.0 Å². The average molecular weight is 364 g/mol. The maximum atomic E-state index is 10.6. The molecular weight excluding hydrogens is 351 g/mol. The van der Waals surface area contributed by atoms with Crippen molar-refractivity contribution in [2.75, 3.05) is 0 Å². The Labute approximate surface area is 130 Å². The summed E-state index contributed by atoms with van der Waals surface area (Å²) in [7, 11) is 0. The maximum Gasteiger partial charge on any atom is 0.125 e. The number of nitrogens with zero attached hydrogens (tertiary/aromatic N) is 2. The van der Waals surface area contributed by atoms with Gasteiger partial charge in [-0.1, -0.05) is 29.3 Å². The summed E-state index contributed by atoms with van der Waals surface area (Å²) in [6, 6.07) is 5.28. The number of hydrogen-bond donors (Lipinski definition) is 1. The normalized spacial score (nSPS) is 13.0. The number of aliphatic hydroxyl groups is 1. The van der Waals surface area contributed by atoms with Gasteiger partial charge in [0.05, 0.1) is 16.4 Å². The van der Waals surface area contributed by atoms with Crippen molar-refractivity contribution in [3.63, 3.8) is 0 Å².